The van der Waals surface area contributed by atoms with Crippen molar-refractivity contribution < 1.29 is 4.79 Å². The second-order valence-corrected chi connectivity index (χ2v) is 4.43. The average Bonchev–Trinajstić information content (AvgIpc) is 2.51. The van der Waals surface area contributed by atoms with Crippen molar-refractivity contribution in [1.82, 2.24) is 14.9 Å². The van der Waals surface area contributed by atoms with Crippen molar-refractivity contribution in [2.24, 2.45) is 0 Å². The maximum atomic E-state index is 11.7. The first-order valence-corrected chi connectivity index (χ1v) is 4.69. The molecule has 1 unspecified atom stereocenters. The highest BCUT2D eigenvalue weighted by atomic mass is 16.2. The molecule has 0 aromatic carbocycles. The summed E-state index contributed by atoms with van der Waals surface area (Å²) in [6.45, 7) is 7.74. The minimum atomic E-state index is -0.211. The Kier molecular flexibility index (Phi) is 2.93. The van der Waals surface area contributed by atoms with Crippen LogP contribution in [-0.2, 0) is 4.79 Å². The summed E-state index contributed by atoms with van der Waals surface area (Å²) in [6, 6.07) is -0.211. The summed E-state index contributed by atoms with van der Waals surface area (Å²) in [7, 11) is 0. The number of aromatic nitrogens is 2. The minimum Gasteiger partial charge on any atom is -0.350 e. The third-order valence-electron chi connectivity index (χ3n) is 1.85. The number of nitrogens with zero attached hydrogens (tertiary/aromatic N) is 2. The van der Waals surface area contributed by atoms with Crippen molar-refractivity contribution in [3.63, 3.8) is 0 Å². The average molecular weight is 195 g/mol. The molecule has 0 fully saturated rings. The zero-order valence-electron chi connectivity index (χ0n) is 9.11. The highest BCUT2D eigenvalue weighted by molar-refractivity contribution is 5.80. The van der Waals surface area contributed by atoms with Gasteiger partial charge in [-0.1, -0.05) is 0 Å². The second-order valence-electron chi connectivity index (χ2n) is 4.43. The molecule has 0 aliphatic heterocycles. The number of amides is 1. The quantitative estimate of drug-likeness (QED) is 0.774. The molecule has 0 aliphatic carbocycles. The molecule has 0 bridgehead atoms. The van der Waals surface area contributed by atoms with Crippen LogP contribution >= 0.6 is 0 Å². The number of rotatable bonds is 2. The van der Waals surface area contributed by atoms with Crippen LogP contribution in [-0.4, -0.2) is 21.0 Å². The Hall–Kier alpha value is -1.32. The van der Waals surface area contributed by atoms with E-state index in [1.54, 1.807) is 23.3 Å². The van der Waals surface area contributed by atoms with Gasteiger partial charge in [0.15, 0.2) is 0 Å². The van der Waals surface area contributed by atoms with Gasteiger partial charge < -0.3 is 9.88 Å². The molecule has 1 heterocycles. The first kappa shape index (κ1) is 10.8. The molecule has 1 N–H and O–H groups in total. The molecule has 4 heteroatoms. The first-order valence-electron chi connectivity index (χ1n) is 4.69. The van der Waals surface area contributed by atoms with Gasteiger partial charge in [-0.25, -0.2) is 4.98 Å². The largest absolute Gasteiger partial charge is 0.350 e. The van der Waals surface area contributed by atoms with E-state index < -0.39 is 0 Å². The van der Waals surface area contributed by atoms with Gasteiger partial charge in [-0.05, 0) is 27.7 Å². The molecule has 0 saturated heterocycles. The molecule has 0 radical (unpaired) electrons. The molecule has 0 spiro atoms. The Morgan fingerprint density at radius 2 is 2.14 bits per heavy atom. The topological polar surface area (TPSA) is 46.9 Å². The van der Waals surface area contributed by atoms with Crippen LogP contribution in [0.4, 0.5) is 0 Å². The van der Waals surface area contributed by atoms with E-state index >= 15 is 0 Å². The lowest BCUT2D eigenvalue weighted by Gasteiger charge is -2.23. The summed E-state index contributed by atoms with van der Waals surface area (Å²) in [4.78, 5) is 15.6. The van der Waals surface area contributed by atoms with E-state index in [9.17, 15) is 4.79 Å². The molecule has 0 aliphatic rings. The van der Waals surface area contributed by atoms with Crippen LogP contribution in [0.1, 0.15) is 33.7 Å². The van der Waals surface area contributed by atoms with Crippen molar-refractivity contribution in [2.45, 2.75) is 39.3 Å². The lowest BCUT2D eigenvalue weighted by Crippen LogP contribution is -2.43. The van der Waals surface area contributed by atoms with Gasteiger partial charge in [-0.2, -0.15) is 0 Å². The van der Waals surface area contributed by atoms with Gasteiger partial charge in [-0.15, -0.1) is 0 Å². The summed E-state index contributed by atoms with van der Waals surface area (Å²) in [6.07, 6.45) is 5.10. The maximum Gasteiger partial charge on any atom is 0.243 e. The van der Waals surface area contributed by atoms with E-state index in [0.717, 1.165) is 0 Å². The third kappa shape index (κ3) is 2.87. The monoisotopic (exact) mass is 195 g/mol. The van der Waals surface area contributed by atoms with E-state index in [0.29, 0.717) is 0 Å². The third-order valence-corrected chi connectivity index (χ3v) is 1.85. The number of imidazole rings is 1. The fourth-order valence-corrected chi connectivity index (χ4v) is 1.11. The number of hydrogen-bond acceptors (Lipinski definition) is 2. The van der Waals surface area contributed by atoms with Crippen LogP contribution in [0.2, 0.25) is 0 Å². The molecule has 0 saturated carbocycles. The molecule has 1 aromatic rings. The standard InChI is InChI=1S/C10H17N3O/c1-8(13-6-5-11-7-13)9(14)12-10(2,3)4/h5-8H,1-4H3,(H,12,14). The summed E-state index contributed by atoms with van der Waals surface area (Å²) >= 11 is 0. The van der Waals surface area contributed by atoms with Crippen LogP contribution in [0.15, 0.2) is 18.7 Å². The predicted octanol–water partition coefficient (Wildman–Crippen LogP) is 1.36. The van der Waals surface area contributed by atoms with Gasteiger partial charge in [0.1, 0.15) is 6.04 Å². The van der Waals surface area contributed by atoms with Crippen molar-refractivity contribution in [1.29, 1.82) is 0 Å². The highest BCUT2D eigenvalue weighted by Crippen LogP contribution is 2.07. The lowest BCUT2D eigenvalue weighted by atomic mass is 10.1. The lowest BCUT2D eigenvalue weighted by molar-refractivity contribution is -0.125. The molecule has 1 atom stereocenters. The molecule has 1 rings (SSSR count). The summed E-state index contributed by atoms with van der Waals surface area (Å²) in [5, 5.41) is 2.92. The van der Waals surface area contributed by atoms with Crippen LogP contribution in [0.5, 0.6) is 0 Å². The van der Waals surface area contributed by atoms with Gasteiger partial charge in [-0.3, -0.25) is 4.79 Å². The van der Waals surface area contributed by atoms with Crippen LogP contribution < -0.4 is 5.32 Å². The number of nitrogens with one attached hydrogen (secondary N) is 1. The Morgan fingerprint density at radius 1 is 1.50 bits per heavy atom. The first-order chi connectivity index (χ1) is 6.40. The van der Waals surface area contributed by atoms with Gasteiger partial charge >= 0.3 is 0 Å². The molecular weight excluding hydrogens is 178 g/mol. The summed E-state index contributed by atoms with van der Waals surface area (Å²) < 4.78 is 1.78. The fourth-order valence-electron chi connectivity index (χ4n) is 1.11. The van der Waals surface area contributed by atoms with Crippen LogP contribution in [0, 0.1) is 0 Å². The minimum absolute atomic E-state index is 0.00972. The SMILES string of the molecule is CC(C(=O)NC(C)(C)C)n1ccnc1. The Labute approximate surface area is 84.3 Å². The van der Waals surface area contributed by atoms with Gasteiger partial charge in [0, 0.05) is 17.9 Å². The highest BCUT2D eigenvalue weighted by Gasteiger charge is 2.19. The van der Waals surface area contributed by atoms with Crippen molar-refractivity contribution in [3.8, 4) is 0 Å². The van der Waals surface area contributed by atoms with Crippen molar-refractivity contribution in [3.05, 3.63) is 18.7 Å². The van der Waals surface area contributed by atoms with Crippen LogP contribution in [0.3, 0.4) is 0 Å². The molecule has 4 nitrogen and oxygen atoms in total. The normalized spacial score (nSPS) is 13.7. The maximum absolute atomic E-state index is 11.7. The van der Waals surface area contributed by atoms with Gasteiger partial charge in [0.05, 0.1) is 6.33 Å². The van der Waals surface area contributed by atoms with Gasteiger partial charge in [0.2, 0.25) is 5.91 Å². The number of hydrogen-bond donors (Lipinski definition) is 1. The van der Waals surface area contributed by atoms with E-state index in [1.807, 2.05) is 27.7 Å². The zero-order chi connectivity index (χ0) is 10.8. The smallest absolute Gasteiger partial charge is 0.243 e. The van der Waals surface area contributed by atoms with E-state index in [2.05, 4.69) is 10.3 Å². The number of carbonyl (C=O) groups excluding carboxylic acids is 1. The van der Waals surface area contributed by atoms with Crippen molar-refractivity contribution >= 4 is 5.91 Å². The van der Waals surface area contributed by atoms with E-state index in [-0.39, 0.29) is 17.5 Å². The Morgan fingerprint density at radius 3 is 2.57 bits per heavy atom. The summed E-state index contributed by atoms with van der Waals surface area (Å²) in [5.41, 5.74) is -0.189. The second kappa shape index (κ2) is 3.82. The van der Waals surface area contributed by atoms with Gasteiger partial charge in [0.25, 0.3) is 0 Å². The molecule has 78 valence electrons. The predicted molar refractivity (Wildman–Crippen MR) is 54.8 cm³/mol. The van der Waals surface area contributed by atoms with Crippen molar-refractivity contribution in [2.75, 3.05) is 0 Å². The Bertz CT molecular complexity index is 298. The molecule has 1 amide bonds. The molecule has 1 aromatic heterocycles. The zero-order valence-corrected chi connectivity index (χ0v) is 9.11. The fraction of sp³-hybridized carbons (Fsp3) is 0.600. The Balaban J connectivity index is 2.63. The molecular formula is C10H17N3O. The molecule has 14 heavy (non-hydrogen) atoms. The van der Waals surface area contributed by atoms with E-state index in [4.69, 9.17) is 0 Å². The van der Waals surface area contributed by atoms with Crippen LogP contribution in [0.25, 0.3) is 0 Å². The summed E-state index contributed by atoms with van der Waals surface area (Å²) in [5.74, 6) is 0.00972. The number of carbonyl (C=O) groups is 1. The van der Waals surface area contributed by atoms with E-state index in [1.165, 1.54) is 0 Å².